The molecule has 140 valence electrons. The number of non-ortho nitro benzene ring substituents is 2. The molecule has 27 heavy (non-hydrogen) atoms. The second kappa shape index (κ2) is 8.05. The maximum absolute atomic E-state index is 11.9. The van der Waals surface area contributed by atoms with Crippen LogP contribution in [0.15, 0.2) is 36.4 Å². The predicted molar refractivity (Wildman–Crippen MR) is 92.0 cm³/mol. The summed E-state index contributed by atoms with van der Waals surface area (Å²) >= 11 is 5.84. The van der Waals surface area contributed by atoms with Gasteiger partial charge in [-0.1, -0.05) is 11.6 Å². The number of halogens is 1. The van der Waals surface area contributed by atoms with Crippen molar-refractivity contribution in [3.63, 3.8) is 0 Å². The van der Waals surface area contributed by atoms with Crippen LogP contribution >= 0.6 is 11.6 Å². The maximum atomic E-state index is 11.9. The molecule has 2 aromatic carbocycles. The van der Waals surface area contributed by atoms with E-state index in [0.717, 1.165) is 24.3 Å². The van der Waals surface area contributed by atoms with Gasteiger partial charge in [0.05, 0.1) is 31.5 Å². The lowest BCUT2D eigenvalue weighted by Crippen LogP contribution is -2.20. The van der Waals surface area contributed by atoms with E-state index in [-0.39, 0.29) is 22.1 Å². The van der Waals surface area contributed by atoms with Crippen LogP contribution in [0, 0.1) is 30.3 Å². The molecule has 0 fully saturated rings. The molecule has 13 heteroatoms. The fourth-order valence-corrected chi connectivity index (χ4v) is 2.10. The van der Waals surface area contributed by atoms with E-state index in [4.69, 9.17) is 16.3 Å². The number of nitro benzene ring substituents is 3. The van der Waals surface area contributed by atoms with Crippen molar-refractivity contribution in [3.8, 4) is 5.75 Å². The van der Waals surface area contributed by atoms with Crippen LogP contribution in [0.2, 0.25) is 5.02 Å². The Kier molecular flexibility index (Phi) is 5.82. The van der Waals surface area contributed by atoms with Gasteiger partial charge in [-0.3, -0.25) is 35.1 Å². The molecule has 0 saturated carbocycles. The Morgan fingerprint density at radius 3 is 2.15 bits per heavy atom. The van der Waals surface area contributed by atoms with Crippen molar-refractivity contribution in [2.24, 2.45) is 0 Å². The number of benzene rings is 2. The third-order valence-electron chi connectivity index (χ3n) is 3.14. The molecule has 12 nitrogen and oxygen atoms in total. The number of ether oxygens (including phenoxy) is 1. The van der Waals surface area contributed by atoms with Crippen LogP contribution < -0.4 is 10.1 Å². The Morgan fingerprint density at radius 1 is 0.963 bits per heavy atom. The topological polar surface area (TPSA) is 168 Å². The number of nitrogens with zero attached hydrogens (tertiary/aromatic N) is 3. The monoisotopic (exact) mass is 396 g/mol. The zero-order valence-corrected chi connectivity index (χ0v) is 13.9. The van der Waals surface area contributed by atoms with Crippen LogP contribution in [-0.2, 0) is 4.79 Å². The molecule has 2 rings (SSSR count). The Balaban J connectivity index is 2.12. The fourth-order valence-electron chi connectivity index (χ4n) is 1.94. The summed E-state index contributed by atoms with van der Waals surface area (Å²) in [7, 11) is 0. The number of nitro groups is 3. The Labute approximate surface area is 154 Å². The molecule has 1 amide bonds. The van der Waals surface area contributed by atoms with Crippen LogP contribution in [0.5, 0.6) is 5.75 Å². The highest BCUT2D eigenvalue weighted by molar-refractivity contribution is 6.33. The van der Waals surface area contributed by atoms with Crippen molar-refractivity contribution in [2.75, 3.05) is 11.9 Å². The zero-order valence-electron chi connectivity index (χ0n) is 13.2. The fraction of sp³-hybridized carbons (Fsp3) is 0.0714. The van der Waals surface area contributed by atoms with Crippen molar-refractivity contribution in [3.05, 3.63) is 71.8 Å². The summed E-state index contributed by atoms with van der Waals surface area (Å²) in [6.07, 6.45) is 0. The van der Waals surface area contributed by atoms with E-state index in [2.05, 4.69) is 5.32 Å². The smallest absolute Gasteiger partial charge is 0.317 e. The van der Waals surface area contributed by atoms with Crippen LogP contribution in [0.1, 0.15) is 0 Å². The third kappa shape index (κ3) is 4.85. The van der Waals surface area contributed by atoms with Gasteiger partial charge in [-0.05, 0) is 12.1 Å². The number of nitrogens with one attached hydrogen (secondary N) is 1. The van der Waals surface area contributed by atoms with Gasteiger partial charge < -0.3 is 10.1 Å². The van der Waals surface area contributed by atoms with E-state index in [1.54, 1.807) is 0 Å². The molecule has 0 spiro atoms. The first-order chi connectivity index (χ1) is 12.7. The maximum Gasteiger partial charge on any atom is 0.317 e. The summed E-state index contributed by atoms with van der Waals surface area (Å²) < 4.78 is 5.03. The molecule has 2 aromatic rings. The molecule has 0 atom stereocenters. The van der Waals surface area contributed by atoms with E-state index < -0.39 is 38.7 Å². The highest BCUT2D eigenvalue weighted by atomic mass is 35.5. The molecule has 0 bridgehead atoms. The van der Waals surface area contributed by atoms with Crippen molar-refractivity contribution < 1.29 is 24.3 Å². The van der Waals surface area contributed by atoms with Crippen LogP contribution in [-0.4, -0.2) is 27.3 Å². The Bertz CT molecular complexity index is 949. The summed E-state index contributed by atoms with van der Waals surface area (Å²) in [5, 5.41) is 34.7. The number of amides is 1. The molecule has 0 aromatic heterocycles. The minimum absolute atomic E-state index is 0.0373. The second-order valence-electron chi connectivity index (χ2n) is 4.92. The molecule has 0 aliphatic heterocycles. The molecule has 0 radical (unpaired) electrons. The van der Waals surface area contributed by atoms with E-state index >= 15 is 0 Å². The molecule has 0 aliphatic rings. The minimum atomic E-state index is -0.891. The normalized spacial score (nSPS) is 10.1. The standard InChI is InChI=1S/C14H9ClN4O8/c15-10-3-1-8(17(21)22)5-11(10)16-14(20)7-27-13-4-2-9(18(23)24)6-12(13)19(25)26/h1-6H,7H2,(H,16,20). The van der Waals surface area contributed by atoms with Gasteiger partial charge in [0.15, 0.2) is 12.4 Å². The number of carbonyl (C=O) groups is 1. The predicted octanol–water partition coefficient (Wildman–Crippen LogP) is 3.08. The molecule has 0 aliphatic carbocycles. The average molecular weight is 397 g/mol. The van der Waals surface area contributed by atoms with Crippen molar-refractivity contribution in [1.82, 2.24) is 0 Å². The average Bonchev–Trinajstić information content (AvgIpc) is 2.61. The largest absolute Gasteiger partial charge is 0.477 e. The lowest BCUT2D eigenvalue weighted by molar-refractivity contribution is -0.394. The Hall–Kier alpha value is -3.80. The quantitative estimate of drug-likeness (QED) is 0.549. The Morgan fingerprint density at radius 2 is 1.56 bits per heavy atom. The summed E-state index contributed by atoms with van der Waals surface area (Å²) in [5.74, 6) is -1.16. The molecule has 0 heterocycles. The molecular weight excluding hydrogens is 388 g/mol. The van der Waals surface area contributed by atoms with Gasteiger partial charge in [0.25, 0.3) is 17.3 Å². The van der Waals surface area contributed by atoms with Gasteiger partial charge in [0.2, 0.25) is 0 Å². The highest BCUT2D eigenvalue weighted by Crippen LogP contribution is 2.31. The lowest BCUT2D eigenvalue weighted by atomic mass is 10.2. The van der Waals surface area contributed by atoms with E-state index in [1.807, 2.05) is 0 Å². The van der Waals surface area contributed by atoms with Gasteiger partial charge in [-0.25, -0.2) is 0 Å². The number of hydrogen-bond donors (Lipinski definition) is 1. The zero-order chi connectivity index (χ0) is 20.1. The highest BCUT2D eigenvalue weighted by Gasteiger charge is 2.21. The molecule has 0 saturated heterocycles. The first-order valence-electron chi connectivity index (χ1n) is 6.98. The van der Waals surface area contributed by atoms with Gasteiger partial charge in [-0.2, -0.15) is 0 Å². The minimum Gasteiger partial charge on any atom is -0.477 e. The number of rotatable bonds is 7. The number of anilines is 1. The first-order valence-corrected chi connectivity index (χ1v) is 7.36. The molecule has 0 unspecified atom stereocenters. The summed E-state index contributed by atoms with van der Waals surface area (Å²) in [4.78, 5) is 42.0. The van der Waals surface area contributed by atoms with Crippen LogP contribution in [0.4, 0.5) is 22.7 Å². The summed E-state index contributed by atoms with van der Waals surface area (Å²) in [6.45, 7) is -0.697. The van der Waals surface area contributed by atoms with Crippen molar-refractivity contribution >= 4 is 40.3 Å². The van der Waals surface area contributed by atoms with Crippen molar-refractivity contribution in [1.29, 1.82) is 0 Å². The molecular formula is C14H9ClN4O8. The van der Waals surface area contributed by atoms with Gasteiger partial charge >= 0.3 is 5.69 Å². The van der Waals surface area contributed by atoms with Gasteiger partial charge in [0.1, 0.15) is 0 Å². The third-order valence-corrected chi connectivity index (χ3v) is 3.47. The van der Waals surface area contributed by atoms with E-state index in [9.17, 15) is 35.1 Å². The summed E-state index contributed by atoms with van der Waals surface area (Å²) in [6, 6.07) is 6.08. The number of hydrogen-bond acceptors (Lipinski definition) is 8. The van der Waals surface area contributed by atoms with Gasteiger partial charge in [-0.15, -0.1) is 0 Å². The lowest BCUT2D eigenvalue weighted by Gasteiger charge is -2.09. The van der Waals surface area contributed by atoms with Crippen LogP contribution in [0.25, 0.3) is 0 Å². The van der Waals surface area contributed by atoms with E-state index in [1.165, 1.54) is 6.07 Å². The molecule has 1 N–H and O–H groups in total. The number of carbonyl (C=O) groups excluding carboxylic acids is 1. The first kappa shape index (κ1) is 19.5. The van der Waals surface area contributed by atoms with Crippen LogP contribution in [0.3, 0.4) is 0 Å². The van der Waals surface area contributed by atoms with E-state index in [0.29, 0.717) is 6.07 Å². The summed E-state index contributed by atoms with van der Waals surface area (Å²) in [5.41, 5.74) is -1.55. The van der Waals surface area contributed by atoms with Crippen molar-refractivity contribution in [2.45, 2.75) is 0 Å². The second-order valence-corrected chi connectivity index (χ2v) is 5.33. The SMILES string of the molecule is O=C(COc1ccc([N+](=O)[O-])cc1[N+](=O)[O-])Nc1cc([N+](=O)[O-])ccc1Cl. The van der Waals surface area contributed by atoms with Gasteiger partial charge in [0, 0.05) is 18.2 Å².